The van der Waals surface area contributed by atoms with Crippen molar-refractivity contribution in [2.75, 3.05) is 17.2 Å². The molecule has 0 radical (unpaired) electrons. The fourth-order valence-corrected chi connectivity index (χ4v) is 2.24. The molecule has 0 saturated heterocycles. The van der Waals surface area contributed by atoms with Crippen molar-refractivity contribution in [3.8, 4) is 0 Å². The molecule has 0 atom stereocenters. The second kappa shape index (κ2) is 7.53. The minimum absolute atomic E-state index is 0.0779. The molecule has 1 aromatic carbocycles. The van der Waals surface area contributed by atoms with Gasteiger partial charge < -0.3 is 10.6 Å². The van der Waals surface area contributed by atoms with Gasteiger partial charge in [-0.2, -0.15) is 13.2 Å². The number of hydrogen-bond acceptors (Lipinski definition) is 3. The average molecular weight is 358 g/mol. The molecular weight excluding hydrogens is 343 g/mol. The highest BCUT2D eigenvalue weighted by molar-refractivity contribution is 6.32. The molecule has 0 fully saturated rings. The molecule has 0 aliphatic heterocycles. The fourth-order valence-electron chi connectivity index (χ4n) is 2.01. The van der Waals surface area contributed by atoms with Crippen molar-refractivity contribution >= 4 is 29.0 Å². The first-order valence-corrected chi connectivity index (χ1v) is 7.46. The van der Waals surface area contributed by atoms with Gasteiger partial charge in [-0.1, -0.05) is 23.7 Å². The van der Waals surface area contributed by atoms with E-state index in [0.717, 1.165) is 17.8 Å². The zero-order chi connectivity index (χ0) is 17.7. The lowest BCUT2D eigenvalue weighted by molar-refractivity contribution is -0.137. The number of amides is 1. The summed E-state index contributed by atoms with van der Waals surface area (Å²) in [5, 5.41) is 5.49. The molecule has 2 rings (SSSR count). The van der Waals surface area contributed by atoms with E-state index in [1.807, 2.05) is 12.1 Å². The van der Waals surface area contributed by atoms with E-state index in [9.17, 15) is 18.0 Å². The minimum Gasteiger partial charge on any atom is -0.369 e. The molecule has 0 aliphatic rings. The number of aromatic nitrogens is 1. The largest absolute Gasteiger partial charge is 0.417 e. The van der Waals surface area contributed by atoms with E-state index in [2.05, 4.69) is 15.6 Å². The van der Waals surface area contributed by atoms with Gasteiger partial charge in [-0.15, -0.1) is 0 Å². The third-order valence-corrected chi connectivity index (χ3v) is 3.44. The van der Waals surface area contributed by atoms with Crippen LogP contribution in [-0.4, -0.2) is 17.4 Å². The molecule has 128 valence electrons. The number of halogens is 4. The van der Waals surface area contributed by atoms with E-state index in [1.165, 1.54) is 6.92 Å². The second-order valence-electron chi connectivity index (χ2n) is 5.11. The maximum Gasteiger partial charge on any atom is 0.417 e. The van der Waals surface area contributed by atoms with Gasteiger partial charge >= 0.3 is 6.18 Å². The molecule has 4 nitrogen and oxygen atoms in total. The van der Waals surface area contributed by atoms with Crippen LogP contribution < -0.4 is 10.6 Å². The molecule has 8 heteroatoms. The number of nitrogens with zero attached hydrogens (tertiary/aromatic N) is 1. The Balaban J connectivity index is 1.91. The van der Waals surface area contributed by atoms with Crippen LogP contribution in [0.15, 0.2) is 36.5 Å². The lowest BCUT2D eigenvalue weighted by atomic mass is 10.1. The standard InChI is InChI=1S/C16H15ClF3N3O/c1-10(24)23-13-4-2-11(3-5-13)6-7-21-15-14(17)8-12(9-22-15)16(18,19)20/h2-5,8-9H,6-7H2,1H3,(H,21,22)(H,23,24). The van der Waals surface area contributed by atoms with Gasteiger partial charge in [-0.3, -0.25) is 4.79 Å². The number of carbonyl (C=O) groups excluding carboxylic acids is 1. The van der Waals surface area contributed by atoms with Gasteiger partial charge in [0.05, 0.1) is 10.6 Å². The van der Waals surface area contributed by atoms with Crippen LogP contribution in [0.3, 0.4) is 0 Å². The van der Waals surface area contributed by atoms with Gasteiger partial charge in [0.1, 0.15) is 5.82 Å². The molecule has 0 spiro atoms. The molecule has 2 aromatic rings. The van der Waals surface area contributed by atoms with Crippen molar-refractivity contribution in [1.29, 1.82) is 0 Å². The summed E-state index contributed by atoms with van der Waals surface area (Å²) < 4.78 is 37.6. The zero-order valence-corrected chi connectivity index (χ0v) is 13.5. The topological polar surface area (TPSA) is 54.0 Å². The van der Waals surface area contributed by atoms with E-state index in [1.54, 1.807) is 12.1 Å². The summed E-state index contributed by atoms with van der Waals surface area (Å²) in [7, 11) is 0. The van der Waals surface area contributed by atoms with Crippen LogP contribution in [0.2, 0.25) is 5.02 Å². The van der Waals surface area contributed by atoms with Gasteiger partial charge in [0.15, 0.2) is 0 Å². The lowest BCUT2D eigenvalue weighted by Gasteiger charge is -2.11. The molecule has 1 amide bonds. The van der Waals surface area contributed by atoms with Crippen LogP contribution in [-0.2, 0) is 17.4 Å². The van der Waals surface area contributed by atoms with Crippen LogP contribution in [0, 0.1) is 0 Å². The fraction of sp³-hybridized carbons (Fsp3) is 0.250. The number of anilines is 2. The summed E-state index contributed by atoms with van der Waals surface area (Å²) in [5.74, 6) is 0.0620. The van der Waals surface area contributed by atoms with Crippen LogP contribution in [0.25, 0.3) is 0 Å². The third kappa shape index (κ3) is 5.13. The van der Waals surface area contributed by atoms with Crippen molar-refractivity contribution in [3.05, 3.63) is 52.7 Å². The first-order chi connectivity index (χ1) is 11.3. The Kier molecular flexibility index (Phi) is 5.66. The first-order valence-electron chi connectivity index (χ1n) is 7.09. The van der Waals surface area contributed by atoms with Crippen LogP contribution in [0.4, 0.5) is 24.7 Å². The number of pyridine rings is 1. The number of carbonyl (C=O) groups is 1. The van der Waals surface area contributed by atoms with E-state index in [4.69, 9.17) is 11.6 Å². The van der Waals surface area contributed by atoms with Crippen LogP contribution >= 0.6 is 11.6 Å². The average Bonchev–Trinajstić information content (AvgIpc) is 2.49. The van der Waals surface area contributed by atoms with E-state index >= 15 is 0 Å². The second-order valence-corrected chi connectivity index (χ2v) is 5.51. The number of nitrogens with one attached hydrogen (secondary N) is 2. The number of benzene rings is 1. The molecule has 0 saturated carbocycles. The van der Waals surface area contributed by atoms with E-state index in [0.29, 0.717) is 18.7 Å². The molecule has 0 bridgehead atoms. The summed E-state index contributed by atoms with van der Waals surface area (Å²) >= 11 is 5.82. The van der Waals surface area contributed by atoms with Gasteiger partial charge in [0.2, 0.25) is 5.91 Å². The minimum atomic E-state index is -4.47. The summed E-state index contributed by atoms with van der Waals surface area (Å²) in [5.41, 5.74) is 0.818. The smallest absolute Gasteiger partial charge is 0.369 e. The highest BCUT2D eigenvalue weighted by atomic mass is 35.5. The highest BCUT2D eigenvalue weighted by Gasteiger charge is 2.31. The molecule has 2 N–H and O–H groups in total. The maximum absolute atomic E-state index is 12.5. The molecule has 1 aromatic heterocycles. The maximum atomic E-state index is 12.5. The van der Waals surface area contributed by atoms with Crippen LogP contribution in [0.5, 0.6) is 0 Å². The zero-order valence-electron chi connectivity index (χ0n) is 12.7. The van der Waals surface area contributed by atoms with Crippen molar-refractivity contribution in [2.45, 2.75) is 19.5 Å². The highest BCUT2D eigenvalue weighted by Crippen LogP contribution is 2.32. The number of alkyl halides is 3. The summed E-state index contributed by atoms with van der Waals surface area (Å²) in [6, 6.07) is 8.11. The Labute approximate surface area is 142 Å². The number of hydrogen-bond donors (Lipinski definition) is 2. The molecular formula is C16H15ClF3N3O. The van der Waals surface area contributed by atoms with Crippen molar-refractivity contribution < 1.29 is 18.0 Å². The van der Waals surface area contributed by atoms with Crippen molar-refractivity contribution in [1.82, 2.24) is 4.98 Å². The summed E-state index contributed by atoms with van der Waals surface area (Å²) in [6.07, 6.45) is -3.10. The van der Waals surface area contributed by atoms with Crippen LogP contribution in [0.1, 0.15) is 18.1 Å². The number of rotatable bonds is 5. The Hall–Kier alpha value is -2.28. The van der Waals surface area contributed by atoms with Crippen molar-refractivity contribution in [3.63, 3.8) is 0 Å². The summed E-state index contributed by atoms with van der Waals surface area (Å²) in [6.45, 7) is 1.89. The van der Waals surface area contributed by atoms with Gasteiger partial charge in [0, 0.05) is 25.4 Å². The van der Waals surface area contributed by atoms with Gasteiger partial charge in [-0.05, 0) is 30.2 Å². The molecule has 24 heavy (non-hydrogen) atoms. The predicted molar refractivity (Wildman–Crippen MR) is 87.2 cm³/mol. The van der Waals surface area contributed by atoms with Crippen molar-refractivity contribution in [2.24, 2.45) is 0 Å². The molecule has 0 unspecified atom stereocenters. The van der Waals surface area contributed by atoms with Gasteiger partial charge in [-0.25, -0.2) is 4.98 Å². The Morgan fingerprint density at radius 1 is 1.25 bits per heavy atom. The lowest BCUT2D eigenvalue weighted by Crippen LogP contribution is -2.10. The Morgan fingerprint density at radius 2 is 1.92 bits per heavy atom. The normalized spacial score (nSPS) is 11.2. The SMILES string of the molecule is CC(=O)Nc1ccc(CCNc2ncc(C(F)(F)F)cc2Cl)cc1. The quantitative estimate of drug-likeness (QED) is 0.835. The molecule has 0 aliphatic carbocycles. The molecule has 1 heterocycles. The predicted octanol–water partition coefficient (Wildman–Crippen LogP) is 4.37. The van der Waals surface area contributed by atoms with E-state index < -0.39 is 11.7 Å². The monoisotopic (exact) mass is 357 g/mol. The Morgan fingerprint density at radius 3 is 2.46 bits per heavy atom. The first kappa shape index (κ1) is 18.1. The van der Waals surface area contributed by atoms with Gasteiger partial charge in [0.25, 0.3) is 0 Å². The third-order valence-electron chi connectivity index (χ3n) is 3.15. The Bertz CT molecular complexity index is 717. The van der Waals surface area contributed by atoms with E-state index in [-0.39, 0.29) is 16.7 Å². The summed E-state index contributed by atoms with van der Waals surface area (Å²) in [4.78, 5) is 14.6.